The maximum absolute atomic E-state index is 10.2. The van der Waals surface area contributed by atoms with Gasteiger partial charge in [0.05, 0.1) is 14.2 Å². The average molecular weight is 306 g/mol. The first-order chi connectivity index (χ1) is 10.4. The Morgan fingerprint density at radius 1 is 1.05 bits per heavy atom. The molecule has 2 N–H and O–H groups in total. The van der Waals surface area contributed by atoms with Crippen LogP contribution >= 0.6 is 0 Å². The van der Waals surface area contributed by atoms with Gasteiger partial charge in [-0.2, -0.15) is 0 Å². The molecule has 0 aliphatic carbocycles. The van der Waals surface area contributed by atoms with E-state index in [4.69, 9.17) is 9.47 Å². The molecule has 0 saturated carbocycles. The van der Waals surface area contributed by atoms with E-state index in [1.165, 1.54) is 31.4 Å². The van der Waals surface area contributed by atoms with Gasteiger partial charge in [-0.3, -0.25) is 0 Å². The van der Waals surface area contributed by atoms with Crippen LogP contribution in [0.2, 0.25) is 0 Å². The van der Waals surface area contributed by atoms with E-state index in [-0.39, 0.29) is 23.0 Å². The Hall–Kier alpha value is -2.10. The molecule has 22 heavy (non-hydrogen) atoms. The third-order valence-corrected chi connectivity index (χ3v) is 3.44. The topological polar surface area (TPSA) is 58.9 Å². The van der Waals surface area contributed by atoms with Gasteiger partial charge in [0.25, 0.3) is 0 Å². The Kier molecular flexibility index (Phi) is 6.83. The average Bonchev–Trinajstić information content (AvgIpc) is 2.46. The summed E-state index contributed by atoms with van der Waals surface area (Å²) in [7, 11) is 2.85. The fourth-order valence-corrected chi connectivity index (χ4v) is 2.19. The highest BCUT2D eigenvalue weighted by atomic mass is 16.5. The SMILES string of the molecule is COc1c(O)cc(C/C=C(\C)CCC=C(C)C)c(O)c1OC. The van der Waals surface area contributed by atoms with Gasteiger partial charge >= 0.3 is 0 Å². The summed E-state index contributed by atoms with van der Waals surface area (Å²) < 4.78 is 10.2. The first-order valence-electron chi connectivity index (χ1n) is 7.35. The van der Waals surface area contributed by atoms with Crippen molar-refractivity contribution in [1.82, 2.24) is 0 Å². The number of benzene rings is 1. The molecule has 1 rings (SSSR count). The largest absolute Gasteiger partial charge is 0.504 e. The lowest BCUT2D eigenvalue weighted by atomic mass is 10.0. The number of hydrogen-bond donors (Lipinski definition) is 2. The fraction of sp³-hybridized carbons (Fsp3) is 0.444. The molecule has 4 nitrogen and oxygen atoms in total. The van der Waals surface area contributed by atoms with Gasteiger partial charge in [-0.05, 0) is 46.1 Å². The summed E-state index contributed by atoms with van der Waals surface area (Å²) in [5.74, 6) is 0.273. The van der Waals surface area contributed by atoms with Gasteiger partial charge in [0.15, 0.2) is 11.5 Å². The first-order valence-corrected chi connectivity index (χ1v) is 7.35. The maximum Gasteiger partial charge on any atom is 0.207 e. The number of ether oxygens (including phenoxy) is 2. The molecule has 0 aliphatic rings. The van der Waals surface area contributed by atoms with Crippen molar-refractivity contribution < 1.29 is 19.7 Å². The zero-order valence-electron chi connectivity index (χ0n) is 14.1. The molecule has 0 fully saturated rings. The van der Waals surface area contributed by atoms with Gasteiger partial charge < -0.3 is 19.7 Å². The lowest BCUT2D eigenvalue weighted by molar-refractivity contribution is 0.315. The minimum Gasteiger partial charge on any atom is -0.504 e. The molecule has 0 radical (unpaired) electrons. The van der Waals surface area contributed by atoms with E-state index in [0.29, 0.717) is 12.0 Å². The summed E-state index contributed by atoms with van der Waals surface area (Å²) in [6.07, 6.45) is 6.77. The lowest BCUT2D eigenvalue weighted by Crippen LogP contribution is -1.95. The molecular weight excluding hydrogens is 280 g/mol. The van der Waals surface area contributed by atoms with Crippen LogP contribution in [0, 0.1) is 0 Å². The normalized spacial score (nSPS) is 11.2. The third-order valence-electron chi connectivity index (χ3n) is 3.44. The molecule has 0 unspecified atom stereocenters. The molecular formula is C18H26O4. The van der Waals surface area contributed by atoms with Crippen molar-refractivity contribution in [3.63, 3.8) is 0 Å². The van der Waals surface area contributed by atoms with E-state index in [0.717, 1.165) is 12.8 Å². The molecule has 0 aromatic heterocycles. The summed E-state index contributed by atoms with van der Waals surface area (Å²) in [5.41, 5.74) is 3.16. The highest BCUT2D eigenvalue weighted by Gasteiger charge is 2.18. The van der Waals surface area contributed by atoms with Crippen molar-refractivity contribution in [3.8, 4) is 23.0 Å². The molecule has 1 aromatic rings. The van der Waals surface area contributed by atoms with E-state index in [2.05, 4.69) is 32.9 Å². The van der Waals surface area contributed by atoms with Gasteiger partial charge in [-0.25, -0.2) is 0 Å². The quantitative estimate of drug-likeness (QED) is 0.581. The molecule has 0 saturated heterocycles. The van der Waals surface area contributed by atoms with E-state index < -0.39 is 0 Å². The van der Waals surface area contributed by atoms with Crippen LogP contribution in [0.4, 0.5) is 0 Å². The molecule has 122 valence electrons. The van der Waals surface area contributed by atoms with Gasteiger partial charge in [0.1, 0.15) is 0 Å². The van der Waals surface area contributed by atoms with Crippen LogP contribution in [0.25, 0.3) is 0 Å². The maximum atomic E-state index is 10.2. The van der Waals surface area contributed by atoms with Crippen LogP contribution in [0.1, 0.15) is 39.2 Å². The smallest absolute Gasteiger partial charge is 0.207 e. The number of phenols is 2. The van der Waals surface area contributed by atoms with E-state index in [1.54, 1.807) is 0 Å². The monoisotopic (exact) mass is 306 g/mol. The second-order valence-electron chi connectivity index (χ2n) is 5.54. The predicted molar refractivity (Wildman–Crippen MR) is 89.0 cm³/mol. The highest BCUT2D eigenvalue weighted by Crippen LogP contribution is 2.45. The number of aromatic hydroxyl groups is 2. The zero-order chi connectivity index (χ0) is 16.7. The number of allylic oxidation sites excluding steroid dienone is 4. The standard InChI is InChI=1S/C18H26O4/c1-12(2)7-6-8-13(3)9-10-14-11-15(19)17(21-4)18(22-5)16(14)20/h7,9,11,19-20H,6,8,10H2,1-5H3/b13-9+. The Morgan fingerprint density at radius 3 is 2.23 bits per heavy atom. The Balaban J connectivity index is 2.90. The minimum absolute atomic E-state index is 0.00509. The van der Waals surface area contributed by atoms with E-state index in [1.807, 2.05) is 0 Å². The second kappa shape index (κ2) is 8.37. The van der Waals surface area contributed by atoms with Gasteiger partial charge in [0.2, 0.25) is 11.5 Å². The van der Waals surface area contributed by atoms with Crippen LogP contribution in [0.15, 0.2) is 29.4 Å². The van der Waals surface area contributed by atoms with Crippen molar-refractivity contribution in [2.45, 2.75) is 40.0 Å². The number of phenolic OH excluding ortho intramolecular Hbond substituents is 2. The van der Waals surface area contributed by atoms with Crippen molar-refractivity contribution in [2.75, 3.05) is 14.2 Å². The minimum atomic E-state index is -0.0391. The molecule has 0 spiro atoms. The number of rotatable bonds is 7. The van der Waals surface area contributed by atoms with Gasteiger partial charge in [-0.1, -0.05) is 23.3 Å². The van der Waals surface area contributed by atoms with Crippen LogP contribution in [0.3, 0.4) is 0 Å². The summed E-state index contributed by atoms with van der Waals surface area (Å²) in [6, 6.07) is 1.51. The van der Waals surface area contributed by atoms with Crippen molar-refractivity contribution in [1.29, 1.82) is 0 Å². The highest BCUT2D eigenvalue weighted by molar-refractivity contribution is 5.62. The number of hydrogen-bond acceptors (Lipinski definition) is 4. The molecule has 0 atom stereocenters. The summed E-state index contributed by atoms with van der Waals surface area (Å²) in [5, 5.41) is 20.2. The fourth-order valence-electron chi connectivity index (χ4n) is 2.19. The van der Waals surface area contributed by atoms with Gasteiger partial charge in [-0.15, -0.1) is 0 Å². The Morgan fingerprint density at radius 2 is 1.68 bits per heavy atom. The van der Waals surface area contributed by atoms with Crippen LogP contribution in [-0.4, -0.2) is 24.4 Å². The molecule has 0 heterocycles. The molecule has 1 aromatic carbocycles. The summed E-state index contributed by atoms with van der Waals surface area (Å²) in [4.78, 5) is 0. The summed E-state index contributed by atoms with van der Waals surface area (Å²) >= 11 is 0. The van der Waals surface area contributed by atoms with Crippen LogP contribution in [0.5, 0.6) is 23.0 Å². The van der Waals surface area contributed by atoms with Crippen molar-refractivity contribution >= 4 is 0 Å². The Labute approximate surface area is 132 Å². The van der Waals surface area contributed by atoms with Gasteiger partial charge in [0, 0.05) is 5.56 Å². The Bertz CT molecular complexity index is 567. The van der Waals surface area contributed by atoms with E-state index in [9.17, 15) is 10.2 Å². The molecule has 0 bridgehead atoms. The third kappa shape index (κ3) is 4.72. The van der Waals surface area contributed by atoms with Crippen LogP contribution < -0.4 is 9.47 Å². The van der Waals surface area contributed by atoms with Crippen molar-refractivity contribution in [2.24, 2.45) is 0 Å². The molecule has 0 amide bonds. The van der Waals surface area contributed by atoms with Crippen LogP contribution in [-0.2, 0) is 6.42 Å². The predicted octanol–water partition coefficient (Wildman–Crippen LogP) is 4.35. The molecule has 4 heteroatoms. The van der Waals surface area contributed by atoms with E-state index >= 15 is 0 Å². The zero-order valence-corrected chi connectivity index (χ0v) is 14.1. The first kappa shape index (κ1) is 18.0. The lowest BCUT2D eigenvalue weighted by Gasteiger charge is -2.14. The number of methoxy groups -OCH3 is 2. The second-order valence-corrected chi connectivity index (χ2v) is 5.54. The molecule has 0 aliphatic heterocycles. The summed E-state index contributed by atoms with van der Waals surface area (Å²) in [6.45, 7) is 6.24. The van der Waals surface area contributed by atoms with Crippen molar-refractivity contribution in [3.05, 3.63) is 34.9 Å².